The van der Waals surface area contributed by atoms with Crippen LogP contribution >= 0.6 is 0 Å². The number of ether oxygens (including phenoxy) is 2. The first-order valence-electron chi connectivity index (χ1n) is 6.58. The monoisotopic (exact) mass is 311 g/mol. The van der Waals surface area contributed by atoms with E-state index in [0.717, 1.165) is 0 Å². The summed E-state index contributed by atoms with van der Waals surface area (Å²) in [5.41, 5.74) is 5.95. The number of alkyl halides is 1. The van der Waals surface area contributed by atoms with Crippen LogP contribution in [-0.4, -0.2) is 49.5 Å². The summed E-state index contributed by atoms with van der Waals surface area (Å²) in [6.07, 6.45) is -1.53. The van der Waals surface area contributed by atoms with Crippen LogP contribution in [0.15, 0.2) is 6.33 Å². The van der Waals surface area contributed by atoms with Gasteiger partial charge in [0, 0.05) is 13.3 Å². The third-order valence-corrected chi connectivity index (χ3v) is 3.25. The molecule has 1 aliphatic heterocycles. The molecule has 3 rings (SSSR count). The SMILES string of the molecule is CC(=O)Oc1nc(N)nc2c1ncn2[C@@H]1O[C@H](CO)C[C@@H]1F. The highest BCUT2D eigenvalue weighted by molar-refractivity contribution is 5.81. The molecule has 3 N–H and O–H groups in total. The molecule has 22 heavy (non-hydrogen) atoms. The van der Waals surface area contributed by atoms with Gasteiger partial charge < -0.3 is 20.3 Å². The van der Waals surface area contributed by atoms with E-state index >= 15 is 0 Å². The third-order valence-electron chi connectivity index (χ3n) is 3.25. The second kappa shape index (κ2) is 5.46. The van der Waals surface area contributed by atoms with Crippen LogP contribution in [0.3, 0.4) is 0 Å². The second-order valence-corrected chi connectivity index (χ2v) is 4.89. The molecule has 1 saturated heterocycles. The fraction of sp³-hybridized carbons (Fsp3) is 0.500. The summed E-state index contributed by atoms with van der Waals surface area (Å²) >= 11 is 0. The number of carbonyl (C=O) groups is 1. The highest BCUT2D eigenvalue weighted by Gasteiger charge is 2.37. The van der Waals surface area contributed by atoms with Crippen molar-refractivity contribution in [3.05, 3.63) is 6.33 Å². The van der Waals surface area contributed by atoms with Gasteiger partial charge in [0.05, 0.1) is 19.0 Å². The molecule has 0 saturated carbocycles. The van der Waals surface area contributed by atoms with Gasteiger partial charge in [-0.1, -0.05) is 0 Å². The Morgan fingerprint density at radius 2 is 2.41 bits per heavy atom. The summed E-state index contributed by atoms with van der Waals surface area (Å²) in [6, 6.07) is 0. The summed E-state index contributed by atoms with van der Waals surface area (Å²) in [5.74, 6) is -0.826. The van der Waals surface area contributed by atoms with Gasteiger partial charge in [-0.05, 0) is 0 Å². The number of fused-ring (bicyclic) bond motifs is 1. The van der Waals surface area contributed by atoms with Gasteiger partial charge in [-0.15, -0.1) is 0 Å². The van der Waals surface area contributed by atoms with Gasteiger partial charge in [0.15, 0.2) is 17.4 Å². The second-order valence-electron chi connectivity index (χ2n) is 4.89. The van der Waals surface area contributed by atoms with Gasteiger partial charge in [0.2, 0.25) is 5.95 Å². The van der Waals surface area contributed by atoms with Crippen LogP contribution in [0.4, 0.5) is 10.3 Å². The van der Waals surface area contributed by atoms with Crippen molar-refractivity contribution < 1.29 is 23.8 Å². The molecule has 0 spiro atoms. The molecule has 0 radical (unpaired) electrons. The Morgan fingerprint density at radius 3 is 3.05 bits per heavy atom. The molecule has 0 amide bonds. The van der Waals surface area contributed by atoms with Crippen LogP contribution in [-0.2, 0) is 9.53 Å². The van der Waals surface area contributed by atoms with E-state index in [2.05, 4.69) is 15.0 Å². The zero-order valence-corrected chi connectivity index (χ0v) is 11.6. The Labute approximate surface area is 123 Å². The average Bonchev–Trinajstić information content (AvgIpc) is 3.01. The standard InChI is InChI=1S/C12H14FN5O4/c1-5(20)21-10-8-9(16-12(14)17-10)18(4-15-8)11-7(13)2-6(3-19)22-11/h4,6-7,11,19H,2-3H2,1H3,(H2,14,16,17)/t6-,7-,11+/m0/s1. The molecule has 2 aromatic heterocycles. The largest absolute Gasteiger partial charge is 0.405 e. The van der Waals surface area contributed by atoms with Crippen molar-refractivity contribution in [3.63, 3.8) is 0 Å². The first kappa shape index (κ1) is 14.6. The van der Waals surface area contributed by atoms with Crippen LogP contribution in [0.25, 0.3) is 11.2 Å². The van der Waals surface area contributed by atoms with E-state index in [1.807, 2.05) is 0 Å². The lowest BCUT2D eigenvalue weighted by Crippen LogP contribution is -2.17. The number of aliphatic hydroxyl groups excluding tert-OH is 1. The van der Waals surface area contributed by atoms with Gasteiger partial charge in [-0.2, -0.15) is 9.97 Å². The number of aliphatic hydroxyl groups is 1. The summed E-state index contributed by atoms with van der Waals surface area (Å²) in [6.45, 7) is 0.935. The summed E-state index contributed by atoms with van der Waals surface area (Å²) in [5, 5.41) is 9.08. The quantitative estimate of drug-likeness (QED) is 0.756. The molecule has 10 heteroatoms. The highest BCUT2D eigenvalue weighted by atomic mass is 19.1. The minimum Gasteiger partial charge on any atom is -0.405 e. The van der Waals surface area contributed by atoms with Gasteiger partial charge in [-0.3, -0.25) is 9.36 Å². The van der Waals surface area contributed by atoms with Crippen LogP contribution < -0.4 is 10.5 Å². The smallest absolute Gasteiger partial charge is 0.309 e. The fourth-order valence-corrected chi connectivity index (χ4v) is 2.36. The highest BCUT2D eigenvalue weighted by Crippen LogP contribution is 2.34. The van der Waals surface area contributed by atoms with E-state index in [9.17, 15) is 9.18 Å². The van der Waals surface area contributed by atoms with E-state index in [1.54, 1.807) is 0 Å². The number of hydrogen-bond donors (Lipinski definition) is 2. The van der Waals surface area contributed by atoms with Crippen LogP contribution in [0.2, 0.25) is 0 Å². The maximum Gasteiger partial charge on any atom is 0.309 e. The number of esters is 1. The Hall–Kier alpha value is -2.33. The van der Waals surface area contributed by atoms with Crippen LogP contribution in [0.1, 0.15) is 19.6 Å². The molecule has 9 nitrogen and oxygen atoms in total. The predicted molar refractivity (Wildman–Crippen MR) is 71.6 cm³/mol. The molecular formula is C12H14FN5O4. The number of hydrogen-bond acceptors (Lipinski definition) is 8. The number of rotatable bonds is 3. The molecule has 0 unspecified atom stereocenters. The molecule has 2 aromatic rings. The van der Waals surface area contributed by atoms with Crippen molar-refractivity contribution >= 4 is 23.1 Å². The lowest BCUT2D eigenvalue weighted by Gasteiger charge is -2.15. The molecule has 1 aliphatic rings. The van der Waals surface area contributed by atoms with E-state index in [0.29, 0.717) is 0 Å². The van der Waals surface area contributed by atoms with E-state index < -0.39 is 24.5 Å². The zero-order chi connectivity index (χ0) is 15.9. The Morgan fingerprint density at radius 1 is 1.64 bits per heavy atom. The minimum absolute atomic E-state index is 0.0677. The first-order valence-corrected chi connectivity index (χ1v) is 6.58. The molecule has 118 valence electrons. The van der Waals surface area contributed by atoms with Crippen molar-refractivity contribution in [2.75, 3.05) is 12.3 Å². The zero-order valence-electron chi connectivity index (χ0n) is 11.6. The maximum atomic E-state index is 14.1. The molecule has 0 aromatic carbocycles. The van der Waals surface area contributed by atoms with Gasteiger partial charge >= 0.3 is 5.97 Å². The Kier molecular flexibility index (Phi) is 3.62. The summed E-state index contributed by atoms with van der Waals surface area (Å²) in [4.78, 5) is 22.9. The van der Waals surface area contributed by atoms with Crippen molar-refractivity contribution in [2.24, 2.45) is 0 Å². The summed E-state index contributed by atoms with van der Waals surface area (Å²) in [7, 11) is 0. The van der Waals surface area contributed by atoms with Crippen molar-refractivity contribution in [1.29, 1.82) is 0 Å². The molecular weight excluding hydrogens is 297 g/mol. The number of imidazole rings is 1. The number of nitrogens with two attached hydrogens (primary N) is 1. The number of aromatic nitrogens is 4. The Bertz CT molecular complexity index is 721. The molecule has 0 aliphatic carbocycles. The van der Waals surface area contributed by atoms with E-state index in [1.165, 1.54) is 17.8 Å². The number of nitrogens with zero attached hydrogens (tertiary/aromatic N) is 4. The molecule has 3 atom stereocenters. The summed E-state index contributed by atoms with van der Waals surface area (Å²) < 4.78 is 25.8. The van der Waals surface area contributed by atoms with Crippen LogP contribution in [0.5, 0.6) is 5.88 Å². The minimum atomic E-state index is -1.33. The molecule has 3 heterocycles. The van der Waals surface area contributed by atoms with E-state index in [-0.39, 0.29) is 36.0 Å². The van der Waals surface area contributed by atoms with Crippen molar-refractivity contribution in [3.8, 4) is 5.88 Å². The fourth-order valence-electron chi connectivity index (χ4n) is 2.36. The lowest BCUT2D eigenvalue weighted by molar-refractivity contribution is -0.132. The number of anilines is 1. The normalized spacial score (nSPS) is 24.8. The van der Waals surface area contributed by atoms with Gasteiger partial charge in [0.1, 0.15) is 6.17 Å². The molecule has 1 fully saturated rings. The predicted octanol–water partition coefficient (Wildman–Crippen LogP) is -0.0483. The number of carbonyl (C=O) groups excluding carboxylic acids is 1. The number of nitrogen functional groups attached to an aromatic ring is 1. The third kappa shape index (κ3) is 2.46. The lowest BCUT2D eigenvalue weighted by atomic mass is 10.2. The average molecular weight is 311 g/mol. The van der Waals surface area contributed by atoms with Gasteiger partial charge in [-0.25, -0.2) is 9.37 Å². The maximum absolute atomic E-state index is 14.1. The van der Waals surface area contributed by atoms with Crippen LogP contribution in [0, 0.1) is 0 Å². The topological polar surface area (TPSA) is 125 Å². The van der Waals surface area contributed by atoms with Crippen molar-refractivity contribution in [1.82, 2.24) is 19.5 Å². The number of halogens is 1. The molecule has 0 bridgehead atoms. The van der Waals surface area contributed by atoms with Gasteiger partial charge in [0.25, 0.3) is 5.88 Å². The first-order chi connectivity index (χ1) is 10.5. The van der Waals surface area contributed by atoms with Crippen molar-refractivity contribution in [2.45, 2.75) is 31.8 Å². The van der Waals surface area contributed by atoms with E-state index in [4.69, 9.17) is 20.3 Å². The Balaban J connectivity index is 2.05.